The number of nitrogens with one attached hydrogen (secondary N) is 2. The lowest BCUT2D eigenvalue weighted by atomic mass is 10.00. The fourth-order valence-corrected chi connectivity index (χ4v) is 3.70. The minimum Gasteiger partial charge on any atom is -0.490 e. The summed E-state index contributed by atoms with van der Waals surface area (Å²) < 4.78 is 19.9. The van der Waals surface area contributed by atoms with Crippen molar-refractivity contribution in [2.45, 2.75) is 37.5 Å². The maximum absolute atomic E-state index is 14.0. The van der Waals surface area contributed by atoms with Crippen LogP contribution in [-0.4, -0.2) is 41.0 Å². The summed E-state index contributed by atoms with van der Waals surface area (Å²) in [5.41, 5.74) is 6.68. The zero-order valence-corrected chi connectivity index (χ0v) is 15.0. The number of benzene rings is 1. The average Bonchev–Trinajstić information content (AvgIpc) is 3.19. The summed E-state index contributed by atoms with van der Waals surface area (Å²) in [6.07, 6.45) is 5.65. The fraction of sp³-hybridized carbons (Fsp3) is 0.400. The molecule has 1 amide bonds. The standard InChI is InChI=1S/C20H23FN4O2/c21-17-4-2-1-3-16(17)18-13-19(24-23-18)20(26)25-11-7-15(8-12-25)27-14-5-9-22-10-6-14/h1-6,9-10,15,18-19,23-24H,7-8,11-13H2. The monoisotopic (exact) mass is 370 g/mol. The first-order valence-electron chi connectivity index (χ1n) is 9.31. The number of likely N-dealkylation sites (tertiary alicyclic amines) is 1. The van der Waals surface area contributed by atoms with Gasteiger partial charge in [0.25, 0.3) is 0 Å². The fourth-order valence-electron chi connectivity index (χ4n) is 3.70. The van der Waals surface area contributed by atoms with Crippen LogP contribution in [-0.2, 0) is 4.79 Å². The Morgan fingerprint density at radius 3 is 2.59 bits per heavy atom. The molecule has 2 fully saturated rings. The van der Waals surface area contributed by atoms with Gasteiger partial charge in [0, 0.05) is 43.9 Å². The van der Waals surface area contributed by atoms with Gasteiger partial charge < -0.3 is 9.64 Å². The van der Waals surface area contributed by atoms with Gasteiger partial charge in [-0.15, -0.1) is 0 Å². The summed E-state index contributed by atoms with van der Waals surface area (Å²) in [5, 5.41) is 0. The predicted octanol–water partition coefficient (Wildman–Crippen LogP) is 2.20. The molecule has 0 spiro atoms. The molecule has 1 aromatic carbocycles. The van der Waals surface area contributed by atoms with E-state index in [0.29, 0.717) is 25.1 Å². The molecule has 0 aliphatic carbocycles. The molecule has 1 aromatic heterocycles. The van der Waals surface area contributed by atoms with Crippen LogP contribution in [0.3, 0.4) is 0 Å². The van der Waals surface area contributed by atoms with Crippen molar-refractivity contribution >= 4 is 5.91 Å². The van der Waals surface area contributed by atoms with E-state index >= 15 is 0 Å². The van der Waals surface area contributed by atoms with Crippen molar-refractivity contribution in [3.8, 4) is 5.75 Å². The topological polar surface area (TPSA) is 66.5 Å². The quantitative estimate of drug-likeness (QED) is 0.864. The van der Waals surface area contributed by atoms with Gasteiger partial charge in [-0.2, -0.15) is 0 Å². The van der Waals surface area contributed by atoms with E-state index in [4.69, 9.17) is 4.74 Å². The highest BCUT2D eigenvalue weighted by Gasteiger charge is 2.35. The second-order valence-electron chi connectivity index (χ2n) is 6.98. The van der Waals surface area contributed by atoms with E-state index in [1.165, 1.54) is 6.07 Å². The van der Waals surface area contributed by atoms with Crippen molar-refractivity contribution in [3.63, 3.8) is 0 Å². The first kappa shape index (κ1) is 17.9. The van der Waals surface area contributed by atoms with Crippen LogP contribution in [0.25, 0.3) is 0 Å². The van der Waals surface area contributed by atoms with Crippen LogP contribution >= 0.6 is 0 Å². The molecular weight excluding hydrogens is 347 g/mol. The zero-order chi connectivity index (χ0) is 18.6. The van der Waals surface area contributed by atoms with Gasteiger partial charge in [0.15, 0.2) is 0 Å². The van der Waals surface area contributed by atoms with Gasteiger partial charge >= 0.3 is 0 Å². The number of hydrogen-bond donors (Lipinski definition) is 2. The Balaban J connectivity index is 1.29. The smallest absolute Gasteiger partial charge is 0.241 e. The van der Waals surface area contributed by atoms with Gasteiger partial charge in [-0.1, -0.05) is 18.2 Å². The molecule has 2 aliphatic heterocycles. The van der Waals surface area contributed by atoms with E-state index in [9.17, 15) is 9.18 Å². The van der Waals surface area contributed by atoms with Crippen molar-refractivity contribution in [1.29, 1.82) is 0 Å². The Kier molecular flexibility index (Phi) is 5.31. The van der Waals surface area contributed by atoms with Crippen molar-refractivity contribution in [3.05, 3.63) is 60.2 Å². The number of piperidine rings is 1. The summed E-state index contributed by atoms with van der Waals surface area (Å²) in [4.78, 5) is 18.7. The zero-order valence-electron chi connectivity index (χ0n) is 15.0. The summed E-state index contributed by atoms with van der Waals surface area (Å²) >= 11 is 0. The third-order valence-electron chi connectivity index (χ3n) is 5.19. The predicted molar refractivity (Wildman–Crippen MR) is 98.3 cm³/mol. The number of rotatable bonds is 4. The number of pyridine rings is 1. The largest absolute Gasteiger partial charge is 0.490 e. The second-order valence-corrected chi connectivity index (χ2v) is 6.98. The van der Waals surface area contributed by atoms with Crippen molar-refractivity contribution in [1.82, 2.24) is 20.7 Å². The van der Waals surface area contributed by atoms with Crippen LogP contribution in [0.2, 0.25) is 0 Å². The normalized spacial score (nSPS) is 23.4. The van der Waals surface area contributed by atoms with Crippen LogP contribution < -0.4 is 15.6 Å². The first-order chi connectivity index (χ1) is 13.2. The van der Waals surface area contributed by atoms with Crippen molar-refractivity contribution in [2.75, 3.05) is 13.1 Å². The maximum atomic E-state index is 14.0. The van der Waals surface area contributed by atoms with E-state index in [1.54, 1.807) is 24.5 Å². The number of hydrogen-bond acceptors (Lipinski definition) is 5. The van der Waals surface area contributed by atoms with Gasteiger partial charge in [-0.25, -0.2) is 15.2 Å². The van der Waals surface area contributed by atoms with Crippen LogP contribution in [0.15, 0.2) is 48.8 Å². The van der Waals surface area contributed by atoms with Crippen LogP contribution in [0.1, 0.15) is 30.9 Å². The van der Waals surface area contributed by atoms with E-state index in [-0.39, 0.29) is 29.9 Å². The molecule has 2 saturated heterocycles. The molecule has 0 radical (unpaired) electrons. The molecule has 2 N–H and O–H groups in total. The first-order valence-corrected chi connectivity index (χ1v) is 9.31. The highest BCUT2D eigenvalue weighted by atomic mass is 19.1. The molecule has 6 nitrogen and oxygen atoms in total. The summed E-state index contributed by atoms with van der Waals surface area (Å²) in [5.74, 6) is 0.617. The highest BCUT2D eigenvalue weighted by Crippen LogP contribution is 2.26. The van der Waals surface area contributed by atoms with E-state index in [1.807, 2.05) is 23.1 Å². The molecule has 0 saturated carbocycles. The summed E-state index contributed by atoms with van der Waals surface area (Å²) in [6, 6.07) is 9.82. The van der Waals surface area contributed by atoms with Crippen molar-refractivity contribution in [2.24, 2.45) is 0 Å². The molecule has 2 aromatic rings. The van der Waals surface area contributed by atoms with Gasteiger partial charge in [-0.05, 0) is 24.6 Å². The number of nitrogens with zero attached hydrogens (tertiary/aromatic N) is 2. The number of carbonyl (C=O) groups is 1. The van der Waals surface area contributed by atoms with Crippen molar-refractivity contribution < 1.29 is 13.9 Å². The molecule has 2 unspecified atom stereocenters. The molecule has 27 heavy (non-hydrogen) atoms. The molecule has 2 atom stereocenters. The number of hydrazine groups is 1. The lowest BCUT2D eigenvalue weighted by Crippen LogP contribution is -2.49. The third-order valence-corrected chi connectivity index (χ3v) is 5.19. The van der Waals surface area contributed by atoms with Gasteiger partial charge in [0.1, 0.15) is 23.7 Å². The molecule has 0 bridgehead atoms. The number of ether oxygens (including phenoxy) is 1. The van der Waals surface area contributed by atoms with Crippen LogP contribution in [0.5, 0.6) is 5.75 Å². The second kappa shape index (κ2) is 8.02. The number of carbonyl (C=O) groups excluding carboxylic acids is 1. The van der Waals surface area contributed by atoms with E-state index < -0.39 is 0 Å². The van der Waals surface area contributed by atoms with Crippen LogP contribution in [0, 0.1) is 5.82 Å². The maximum Gasteiger partial charge on any atom is 0.241 e. The minimum atomic E-state index is -0.340. The van der Waals surface area contributed by atoms with Gasteiger partial charge in [-0.3, -0.25) is 9.78 Å². The lowest BCUT2D eigenvalue weighted by Gasteiger charge is -2.33. The SMILES string of the molecule is O=C(C1CC(c2ccccc2F)NN1)N1CCC(Oc2ccncc2)CC1. The van der Waals surface area contributed by atoms with E-state index in [0.717, 1.165) is 18.6 Å². The van der Waals surface area contributed by atoms with Crippen LogP contribution in [0.4, 0.5) is 4.39 Å². The highest BCUT2D eigenvalue weighted by molar-refractivity contribution is 5.82. The average molecular weight is 370 g/mol. The molecule has 2 aliphatic rings. The Hall–Kier alpha value is -2.51. The number of halogens is 1. The Morgan fingerprint density at radius 2 is 1.85 bits per heavy atom. The van der Waals surface area contributed by atoms with Gasteiger partial charge in [0.05, 0.1) is 6.04 Å². The lowest BCUT2D eigenvalue weighted by molar-refractivity contribution is -0.135. The summed E-state index contributed by atoms with van der Waals surface area (Å²) in [7, 11) is 0. The number of aromatic nitrogens is 1. The number of amides is 1. The molecule has 142 valence electrons. The Labute approximate surface area is 157 Å². The third kappa shape index (κ3) is 4.09. The molecular formula is C20H23FN4O2. The minimum absolute atomic E-state index is 0.0590. The Morgan fingerprint density at radius 1 is 1.11 bits per heavy atom. The molecule has 7 heteroatoms. The Bertz CT molecular complexity index is 781. The van der Waals surface area contributed by atoms with E-state index in [2.05, 4.69) is 15.8 Å². The summed E-state index contributed by atoms with van der Waals surface area (Å²) in [6.45, 7) is 1.33. The molecule has 3 heterocycles. The molecule has 4 rings (SSSR count). The van der Waals surface area contributed by atoms with Gasteiger partial charge in [0.2, 0.25) is 5.91 Å².